The van der Waals surface area contributed by atoms with Gasteiger partial charge in [0, 0.05) is 6.04 Å². The van der Waals surface area contributed by atoms with Crippen LogP contribution < -0.4 is 5.32 Å². The average Bonchev–Trinajstić information content (AvgIpc) is 2.56. The Bertz CT molecular complexity index is 682. The first-order valence-corrected chi connectivity index (χ1v) is 8.24. The van der Waals surface area contributed by atoms with E-state index in [1.54, 1.807) is 18.2 Å². The second-order valence-corrected chi connectivity index (χ2v) is 5.88. The van der Waals surface area contributed by atoms with E-state index in [0.29, 0.717) is 5.56 Å². The Balaban J connectivity index is 2.02. The topological polar surface area (TPSA) is 66.4 Å². The molecule has 0 heterocycles. The molecule has 0 aliphatic carbocycles. The zero-order valence-corrected chi connectivity index (χ0v) is 13.9. The number of rotatable bonds is 8. The minimum absolute atomic E-state index is 0.0573. The minimum atomic E-state index is -1.01. The number of hydrogen-bond donors (Lipinski definition) is 2. The molecule has 2 rings (SSSR count). The van der Waals surface area contributed by atoms with Gasteiger partial charge in [0.25, 0.3) is 0 Å². The van der Waals surface area contributed by atoms with E-state index in [2.05, 4.69) is 24.4 Å². The van der Waals surface area contributed by atoms with Crippen LogP contribution in [-0.2, 0) is 17.6 Å². The largest absolute Gasteiger partial charge is 0.478 e. The molecule has 0 aliphatic rings. The smallest absolute Gasteiger partial charge is 0.335 e. The van der Waals surface area contributed by atoms with Gasteiger partial charge in [-0.05, 0) is 30.0 Å². The molecule has 24 heavy (non-hydrogen) atoms. The molecule has 1 amide bonds. The molecule has 0 spiro atoms. The van der Waals surface area contributed by atoms with Crippen LogP contribution in [-0.4, -0.2) is 23.0 Å². The lowest BCUT2D eigenvalue weighted by Crippen LogP contribution is -2.37. The number of aromatic carboxylic acids is 1. The summed E-state index contributed by atoms with van der Waals surface area (Å²) in [5.74, 6) is -1.15. The lowest BCUT2D eigenvalue weighted by molar-refractivity contribution is -0.121. The van der Waals surface area contributed by atoms with E-state index in [-0.39, 0.29) is 23.9 Å². The first-order chi connectivity index (χ1) is 11.6. The van der Waals surface area contributed by atoms with Crippen molar-refractivity contribution in [3.63, 3.8) is 0 Å². The van der Waals surface area contributed by atoms with Crippen LogP contribution in [0.2, 0.25) is 0 Å². The highest BCUT2D eigenvalue weighted by Gasteiger charge is 2.16. The SMILES string of the molecule is CCCC(Cc1ccccc1)NC(=O)Cc1ccccc1C(=O)O. The normalized spacial score (nSPS) is 11.7. The standard InChI is InChI=1S/C20H23NO3/c1-2-8-17(13-15-9-4-3-5-10-15)21-19(22)14-16-11-6-7-12-18(16)20(23)24/h3-7,9-12,17H,2,8,13-14H2,1H3,(H,21,22)(H,23,24). The molecule has 4 heteroatoms. The van der Waals surface area contributed by atoms with Gasteiger partial charge in [-0.1, -0.05) is 61.9 Å². The molecule has 0 bridgehead atoms. The lowest BCUT2D eigenvalue weighted by atomic mass is 10.0. The Morgan fingerprint density at radius 3 is 2.38 bits per heavy atom. The number of carboxylic acid groups (broad SMARTS) is 1. The Labute approximate surface area is 142 Å². The minimum Gasteiger partial charge on any atom is -0.478 e. The van der Waals surface area contributed by atoms with Gasteiger partial charge in [-0.15, -0.1) is 0 Å². The van der Waals surface area contributed by atoms with E-state index in [4.69, 9.17) is 0 Å². The molecule has 0 radical (unpaired) electrons. The summed E-state index contributed by atoms with van der Waals surface area (Å²) in [4.78, 5) is 23.6. The fourth-order valence-corrected chi connectivity index (χ4v) is 2.81. The summed E-state index contributed by atoms with van der Waals surface area (Å²) in [5.41, 5.74) is 1.90. The monoisotopic (exact) mass is 325 g/mol. The van der Waals surface area contributed by atoms with Crippen molar-refractivity contribution in [3.05, 3.63) is 71.3 Å². The third-order valence-electron chi connectivity index (χ3n) is 3.93. The van der Waals surface area contributed by atoms with Gasteiger partial charge in [0.05, 0.1) is 12.0 Å². The predicted molar refractivity (Wildman–Crippen MR) is 94.1 cm³/mol. The zero-order chi connectivity index (χ0) is 17.4. The third kappa shape index (κ3) is 5.23. The van der Waals surface area contributed by atoms with Crippen molar-refractivity contribution >= 4 is 11.9 Å². The first-order valence-electron chi connectivity index (χ1n) is 8.24. The average molecular weight is 325 g/mol. The van der Waals surface area contributed by atoms with Crippen LogP contribution in [0.5, 0.6) is 0 Å². The second-order valence-electron chi connectivity index (χ2n) is 5.88. The number of nitrogens with one attached hydrogen (secondary N) is 1. The lowest BCUT2D eigenvalue weighted by Gasteiger charge is -2.18. The van der Waals surface area contributed by atoms with Crippen LogP contribution >= 0.6 is 0 Å². The summed E-state index contributed by atoms with van der Waals surface area (Å²) in [6.07, 6.45) is 2.73. The van der Waals surface area contributed by atoms with Gasteiger partial charge in [-0.2, -0.15) is 0 Å². The highest BCUT2D eigenvalue weighted by molar-refractivity contribution is 5.91. The molecule has 2 aromatic carbocycles. The number of benzene rings is 2. The molecule has 1 atom stereocenters. The Morgan fingerprint density at radius 2 is 1.71 bits per heavy atom. The molecule has 0 saturated heterocycles. The maximum atomic E-state index is 12.4. The maximum absolute atomic E-state index is 12.4. The van der Waals surface area contributed by atoms with Gasteiger partial charge in [0.15, 0.2) is 0 Å². The summed E-state index contributed by atoms with van der Waals surface area (Å²) >= 11 is 0. The van der Waals surface area contributed by atoms with Crippen molar-refractivity contribution in [2.45, 2.75) is 38.6 Å². The Morgan fingerprint density at radius 1 is 1.04 bits per heavy atom. The molecule has 0 aromatic heterocycles. The molecule has 0 fully saturated rings. The van der Waals surface area contributed by atoms with Crippen LogP contribution in [0.15, 0.2) is 54.6 Å². The maximum Gasteiger partial charge on any atom is 0.335 e. The molecule has 126 valence electrons. The predicted octanol–water partition coefficient (Wildman–Crippen LogP) is 3.45. The van der Waals surface area contributed by atoms with Crippen LogP contribution in [0.25, 0.3) is 0 Å². The van der Waals surface area contributed by atoms with Gasteiger partial charge >= 0.3 is 5.97 Å². The second kappa shape index (κ2) is 8.87. The van der Waals surface area contributed by atoms with Gasteiger partial charge in [-0.3, -0.25) is 4.79 Å². The third-order valence-corrected chi connectivity index (χ3v) is 3.93. The van der Waals surface area contributed by atoms with Crippen molar-refractivity contribution in [3.8, 4) is 0 Å². The van der Waals surface area contributed by atoms with E-state index < -0.39 is 5.97 Å². The van der Waals surface area contributed by atoms with Crippen LogP contribution in [0.4, 0.5) is 0 Å². The number of carboxylic acids is 1. The molecule has 0 aliphatic heterocycles. The molecule has 1 unspecified atom stereocenters. The molecule has 0 saturated carbocycles. The van der Waals surface area contributed by atoms with Crippen LogP contribution in [0, 0.1) is 0 Å². The van der Waals surface area contributed by atoms with Crippen LogP contribution in [0.3, 0.4) is 0 Å². The summed E-state index contributed by atoms with van der Waals surface area (Å²) in [5, 5.41) is 12.3. The molecular weight excluding hydrogens is 302 g/mol. The number of carbonyl (C=O) groups excluding carboxylic acids is 1. The number of carbonyl (C=O) groups is 2. The molecule has 2 N–H and O–H groups in total. The highest BCUT2D eigenvalue weighted by atomic mass is 16.4. The molecular formula is C20H23NO3. The van der Waals surface area contributed by atoms with Gasteiger partial charge in [0.1, 0.15) is 0 Å². The van der Waals surface area contributed by atoms with E-state index in [1.165, 1.54) is 11.6 Å². The van der Waals surface area contributed by atoms with Crippen molar-refractivity contribution in [2.24, 2.45) is 0 Å². The van der Waals surface area contributed by atoms with Gasteiger partial charge < -0.3 is 10.4 Å². The number of hydrogen-bond acceptors (Lipinski definition) is 2. The van der Waals surface area contributed by atoms with E-state index in [1.807, 2.05) is 18.2 Å². The van der Waals surface area contributed by atoms with Gasteiger partial charge in [-0.25, -0.2) is 4.79 Å². The summed E-state index contributed by atoms with van der Waals surface area (Å²) in [6, 6.07) is 16.7. The van der Waals surface area contributed by atoms with E-state index >= 15 is 0 Å². The van der Waals surface area contributed by atoms with Gasteiger partial charge in [0.2, 0.25) is 5.91 Å². The van der Waals surface area contributed by atoms with E-state index in [9.17, 15) is 14.7 Å². The fourth-order valence-electron chi connectivity index (χ4n) is 2.81. The Kier molecular flexibility index (Phi) is 6.55. The van der Waals surface area contributed by atoms with E-state index in [0.717, 1.165) is 19.3 Å². The highest BCUT2D eigenvalue weighted by Crippen LogP contribution is 2.11. The first kappa shape index (κ1) is 17.7. The zero-order valence-electron chi connectivity index (χ0n) is 13.9. The van der Waals surface area contributed by atoms with Crippen molar-refractivity contribution in [1.29, 1.82) is 0 Å². The molecule has 2 aromatic rings. The summed E-state index contributed by atoms with van der Waals surface area (Å²) < 4.78 is 0. The van der Waals surface area contributed by atoms with Crippen molar-refractivity contribution < 1.29 is 14.7 Å². The Hall–Kier alpha value is -2.62. The summed E-state index contributed by atoms with van der Waals surface area (Å²) in [6.45, 7) is 2.09. The quantitative estimate of drug-likeness (QED) is 0.781. The van der Waals surface area contributed by atoms with Crippen molar-refractivity contribution in [2.75, 3.05) is 0 Å². The van der Waals surface area contributed by atoms with Crippen molar-refractivity contribution in [1.82, 2.24) is 5.32 Å². The van der Waals surface area contributed by atoms with Crippen LogP contribution in [0.1, 0.15) is 41.3 Å². The number of amides is 1. The molecule has 4 nitrogen and oxygen atoms in total. The fraction of sp³-hybridized carbons (Fsp3) is 0.300. The summed E-state index contributed by atoms with van der Waals surface area (Å²) in [7, 11) is 0.